The number of hydrogen-bond acceptors (Lipinski definition) is 2. The van der Waals surface area contributed by atoms with Crippen molar-refractivity contribution in [3.8, 4) is 0 Å². The minimum atomic E-state index is -0.553. The lowest BCUT2D eigenvalue weighted by atomic mass is 9.92. The van der Waals surface area contributed by atoms with Crippen LogP contribution in [-0.4, -0.2) is 11.8 Å². The normalized spacial score (nSPS) is 23.2. The van der Waals surface area contributed by atoms with Crippen LogP contribution in [0.15, 0.2) is 103 Å². The molecule has 4 rings (SSSR count). The van der Waals surface area contributed by atoms with Crippen molar-refractivity contribution < 1.29 is 9.59 Å². The molecule has 2 amide bonds. The third-order valence-corrected chi connectivity index (χ3v) is 5.87. The van der Waals surface area contributed by atoms with E-state index in [-0.39, 0.29) is 30.3 Å². The molecule has 0 spiro atoms. The highest BCUT2D eigenvalue weighted by Crippen LogP contribution is 2.26. The van der Waals surface area contributed by atoms with E-state index in [0.29, 0.717) is 12.8 Å². The van der Waals surface area contributed by atoms with Gasteiger partial charge in [0.15, 0.2) is 0 Å². The molecule has 2 N–H and O–H groups in total. The van der Waals surface area contributed by atoms with E-state index in [4.69, 9.17) is 0 Å². The lowest BCUT2D eigenvalue weighted by Crippen LogP contribution is -2.37. The highest BCUT2D eigenvalue weighted by molar-refractivity contribution is 5.90. The molecule has 0 aromatic heterocycles. The Labute approximate surface area is 189 Å². The van der Waals surface area contributed by atoms with Gasteiger partial charge in [-0.25, -0.2) is 0 Å². The van der Waals surface area contributed by atoms with E-state index in [0.717, 1.165) is 16.7 Å². The monoisotopic (exact) mass is 424 g/mol. The van der Waals surface area contributed by atoms with Gasteiger partial charge in [-0.05, 0) is 29.5 Å². The van der Waals surface area contributed by atoms with Crippen LogP contribution < -0.4 is 10.6 Å². The van der Waals surface area contributed by atoms with Gasteiger partial charge in [0.05, 0.1) is 18.0 Å². The lowest BCUT2D eigenvalue weighted by Gasteiger charge is -2.25. The summed E-state index contributed by atoms with van der Waals surface area (Å²) in [5, 5.41) is 6.34. The minimum Gasteiger partial charge on any atom is -0.349 e. The number of hydrogen-bond donors (Lipinski definition) is 2. The summed E-state index contributed by atoms with van der Waals surface area (Å²) in [6, 6.07) is 29.2. The van der Waals surface area contributed by atoms with Gasteiger partial charge in [-0.15, -0.1) is 0 Å². The molecule has 0 aliphatic carbocycles. The van der Waals surface area contributed by atoms with Gasteiger partial charge >= 0.3 is 0 Å². The average Bonchev–Trinajstić information content (AvgIpc) is 2.84. The van der Waals surface area contributed by atoms with Crippen LogP contribution in [0.4, 0.5) is 0 Å². The molecule has 1 aliphatic heterocycles. The van der Waals surface area contributed by atoms with Crippen LogP contribution in [-0.2, 0) is 9.59 Å². The Morgan fingerprint density at radius 3 is 1.50 bits per heavy atom. The molecule has 0 bridgehead atoms. The van der Waals surface area contributed by atoms with E-state index < -0.39 is 5.92 Å². The second-order valence-electron chi connectivity index (χ2n) is 8.11. The Balaban J connectivity index is 1.67. The molecule has 0 fully saturated rings. The van der Waals surface area contributed by atoms with E-state index in [1.807, 2.05) is 91.0 Å². The van der Waals surface area contributed by atoms with E-state index in [2.05, 4.69) is 22.8 Å². The zero-order chi connectivity index (χ0) is 22.2. The molecule has 1 heterocycles. The van der Waals surface area contributed by atoms with Gasteiger partial charge < -0.3 is 10.6 Å². The van der Waals surface area contributed by atoms with Crippen LogP contribution in [0.25, 0.3) is 0 Å². The number of amides is 2. The predicted molar refractivity (Wildman–Crippen MR) is 127 cm³/mol. The third kappa shape index (κ3) is 5.52. The first-order chi connectivity index (χ1) is 15.7. The summed E-state index contributed by atoms with van der Waals surface area (Å²) in [6.07, 6.45) is 5.67. The number of nitrogens with one attached hydrogen (secondary N) is 2. The molecule has 0 radical (unpaired) electrons. The van der Waals surface area contributed by atoms with Crippen molar-refractivity contribution >= 4 is 11.8 Å². The standard InChI is InChI=1S/C28H28N2O2/c31-27-20-24(21-12-4-1-5-13-21)28(32)30-26(23-16-8-3-9-17-23)19-11-10-18-25(29-27)22-14-6-2-7-15-22/h1-17,24-26H,18-20H2,(H,29,31)(H,30,32)/b11-10-/t24-,25+,26+/m0/s1. The fraction of sp³-hybridized carbons (Fsp3) is 0.214. The molecule has 3 atom stereocenters. The van der Waals surface area contributed by atoms with Crippen molar-refractivity contribution in [3.05, 3.63) is 120 Å². The quantitative estimate of drug-likeness (QED) is 0.566. The second kappa shape index (κ2) is 10.6. The molecule has 4 nitrogen and oxygen atoms in total. The SMILES string of the molecule is O=C1C[C@@H](c2ccccc2)C(=O)N[C@@H](c2ccccc2)C/C=C\C[C@H](c2ccccc2)N1. The number of rotatable bonds is 3. The molecule has 4 heteroatoms. The third-order valence-electron chi connectivity index (χ3n) is 5.87. The summed E-state index contributed by atoms with van der Waals surface area (Å²) in [4.78, 5) is 26.4. The van der Waals surface area contributed by atoms with E-state index >= 15 is 0 Å². The average molecular weight is 425 g/mol. The molecule has 3 aromatic carbocycles. The zero-order valence-corrected chi connectivity index (χ0v) is 18.0. The number of carbonyl (C=O) groups excluding carboxylic acids is 2. The summed E-state index contributed by atoms with van der Waals surface area (Å²) >= 11 is 0. The van der Waals surface area contributed by atoms with Gasteiger partial charge in [-0.3, -0.25) is 9.59 Å². The first-order valence-electron chi connectivity index (χ1n) is 11.1. The molecule has 1 aliphatic rings. The Kier molecular flexibility index (Phi) is 7.13. The maximum Gasteiger partial charge on any atom is 0.228 e. The molecule has 0 saturated carbocycles. The molecule has 162 valence electrons. The van der Waals surface area contributed by atoms with Crippen LogP contribution in [0.5, 0.6) is 0 Å². The van der Waals surface area contributed by atoms with Crippen LogP contribution in [0.1, 0.15) is 54.0 Å². The molecule has 32 heavy (non-hydrogen) atoms. The van der Waals surface area contributed by atoms with Gasteiger partial charge in [-0.1, -0.05) is 103 Å². The fourth-order valence-electron chi connectivity index (χ4n) is 4.15. The molecule has 0 unspecified atom stereocenters. The van der Waals surface area contributed by atoms with Crippen LogP contribution >= 0.6 is 0 Å². The highest BCUT2D eigenvalue weighted by atomic mass is 16.2. The Hall–Kier alpha value is -3.66. The fourth-order valence-corrected chi connectivity index (χ4v) is 4.15. The Morgan fingerprint density at radius 2 is 1.00 bits per heavy atom. The van der Waals surface area contributed by atoms with E-state index in [1.165, 1.54) is 0 Å². The second-order valence-corrected chi connectivity index (χ2v) is 8.11. The molecule has 0 saturated heterocycles. The number of benzene rings is 3. The number of carbonyl (C=O) groups is 2. The summed E-state index contributed by atoms with van der Waals surface area (Å²) in [7, 11) is 0. The van der Waals surface area contributed by atoms with Crippen molar-refractivity contribution in [1.82, 2.24) is 10.6 Å². The van der Waals surface area contributed by atoms with Crippen molar-refractivity contribution in [2.45, 2.75) is 37.3 Å². The van der Waals surface area contributed by atoms with Crippen LogP contribution in [0, 0.1) is 0 Å². The van der Waals surface area contributed by atoms with Gasteiger partial charge in [0.1, 0.15) is 0 Å². The van der Waals surface area contributed by atoms with Crippen molar-refractivity contribution in [3.63, 3.8) is 0 Å². The Bertz CT molecular complexity index is 1050. The minimum absolute atomic E-state index is 0.102. The lowest BCUT2D eigenvalue weighted by molar-refractivity contribution is -0.128. The summed E-state index contributed by atoms with van der Waals surface area (Å²) in [6.45, 7) is 0. The van der Waals surface area contributed by atoms with E-state index in [1.54, 1.807) is 0 Å². The van der Waals surface area contributed by atoms with Crippen LogP contribution in [0.3, 0.4) is 0 Å². The van der Waals surface area contributed by atoms with Crippen molar-refractivity contribution in [1.29, 1.82) is 0 Å². The van der Waals surface area contributed by atoms with Crippen LogP contribution in [0.2, 0.25) is 0 Å². The van der Waals surface area contributed by atoms with Gasteiger partial charge in [-0.2, -0.15) is 0 Å². The first-order valence-corrected chi connectivity index (χ1v) is 11.1. The summed E-state index contributed by atoms with van der Waals surface area (Å²) < 4.78 is 0. The molecular formula is C28H28N2O2. The van der Waals surface area contributed by atoms with Gasteiger partial charge in [0, 0.05) is 6.42 Å². The largest absolute Gasteiger partial charge is 0.349 e. The molecular weight excluding hydrogens is 396 g/mol. The van der Waals surface area contributed by atoms with Crippen molar-refractivity contribution in [2.75, 3.05) is 0 Å². The van der Waals surface area contributed by atoms with Gasteiger partial charge in [0.25, 0.3) is 0 Å². The zero-order valence-electron chi connectivity index (χ0n) is 18.0. The topological polar surface area (TPSA) is 58.2 Å². The molecule has 3 aromatic rings. The summed E-state index contributed by atoms with van der Waals surface area (Å²) in [5.74, 6) is -0.819. The smallest absolute Gasteiger partial charge is 0.228 e. The first kappa shape index (κ1) is 21.6. The predicted octanol–water partition coefficient (Wildman–Crippen LogP) is 5.23. The van der Waals surface area contributed by atoms with E-state index in [9.17, 15) is 9.59 Å². The highest BCUT2D eigenvalue weighted by Gasteiger charge is 2.27. The maximum absolute atomic E-state index is 13.4. The summed E-state index contributed by atoms with van der Waals surface area (Å²) in [5.41, 5.74) is 2.96. The maximum atomic E-state index is 13.4. The Morgan fingerprint density at radius 1 is 0.562 bits per heavy atom. The van der Waals surface area contributed by atoms with Crippen molar-refractivity contribution in [2.24, 2.45) is 0 Å². The van der Waals surface area contributed by atoms with Gasteiger partial charge in [0.2, 0.25) is 11.8 Å².